The number of rotatable bonds is 45. The molecule has 0 aromatic rings. The molecule has 1 unspecified atom stereocenters. The molecule has 0 aromatic carbocycles. The number of carbonyl (C=O) groups excluding carboxylic acids is 2. The van der Waals surface area contributed by atoms with Crippen LogP contribution in [0.5, 0.6) is 0 Å². The van der Waals surface area contributed by atoms with Crippen LogP contribution in [0.4, 0.5) is 0 Å². The summed E-state index contributed by atoms with van der Waals surface area (Å²) in [7, 11) is 1.48. The van der Waals surface area contributed by atoms with E-state index < -0.39 is 26.5 Å². The number of quaternary nitrogens is 1. The second-order valence-electron chi connectivity index (χ2n) is 17.6. The van der Waals surface area contributed by atoms with E-state index in [4.69, 9.17) is 18.5 Å². The van der Waals surface area contributed by atoms with E-state index in [1.54, 1.807) is 0 Å². The molecule has 342 valence electrons. The molecule has 0 aliphatic heterocycles. The molecular formula is C48H93NO8P+. The maximum atomic E-state index is 12.7. The minimum absolute atomic E-state index is 0.0324. The second-order valence-corrected chi connectivity index (χ2v) is 19.0. The van der Waals surface area contributed by atoms with Crippen LogP contribution in [0, 0.1) is 0 Å². The summed E-state index contributed by atoms with van der Waals surface area (Å²) in [5.41, 5.74) is 0. The molecule has 0 aliphatic carbocycles. The number of likely N-dealkylation sites (N-methyl/N-ethyl adjacent to an activating group) is 1. The summed E-state index contributed by atoms with van der Waals surface area (Å²) in [6.45, 7) is 5.96. The minimum atomic E-state index is -4.37. The van der Waals surface area contributed by atoms with E-state index >= 15 is 0 Å². The molecule has 0 amide bonds. The zero-order valence-electron chi connectivity index (χ0n) is 38.4. The molecule has 0 saturated heterocycles. The third-order valence-corrected chi connectivity index (χ3v) is 11.6. The molecule has 9 nitrogen and oxygen atoms in total. The zero-order chi connectivity index (χ0) is 42.8. The molecule has 10 heteroatoms. The highest BCUT2D eigenvalue weighted by Crippen LogP contribution is 2.43. The van der Waals surface area contributed by atoms with Gasteiger partial charge in [0.25, 0.3) is 0 Å². The Labute approximate surface area is 358 Å². The summed E-state index contributed by atoms with van der Waals surface area (Å²) in [6.07, 6.45) is 44.0. The van der Waals surface area contributed by atoms with Gasteiger partial charge in [-0.25, -0.2) is 4.57 Å². The number of phosphoric acid groups is 1. The molecule has 0 aliphatic rings. The van der Waals surface area contributed by atoms with Gasteiger partial charge in [0.2, 0.25) is 0 Å². The van der Waals surface area contributed by atoms with Crippen LogP contribution >= 0.6 is 7.82 Å². The first-order chi connectivity index (χ1) is 28.0. The Morgan fingerprint density at radius 1 is 0.569 bits per heavy atom. The predicted octanol–water partition coefficient (Wildman–Crippen LogP) is 13.9. The average Bonchev–Trinajstić information content (AvgIpc) is 3.17. The van der Waals surface area contributed by atoms with Crippen LogP contribution in [0.15, 0.2) is 24.8 Å². The van der Waals surface area contributed by atoms with Crippen molar-refractivity contribution in [2.75, 3.05) is 47.5 Å². The molecule has 0 radical (unpaired) electrons. The fourth-order valence-electron chi connectivity index (χ4n) is 6.81. The summed E-state index contributed by atoms with van der Waals surface area (Å²) in [5.74, 6) is -0.795. The molecule has 0 fully saturated rings. The van der Waals surface area contributed by atoms with Gasteiger partial charge in [-0.05, 0) is 51.4 Å². The van der Waals surface area contributed by atoms with Crippen molar-refractivity contribution < 1.29 is 42.1 Å². The number of ether oxygens (including phenoxy) is 2. The Kier molecular flexibility index (Phi) is 39.8. The van der Waals surface area contributed by atoms with Gasteiger partial charge in [-0.15, -0.1) is 6.58 Å². The SMILES string of the molecule is C=CCCCCCCCCCCCCCCCC(=O)OC[C@H](COP(=O)(O)OCC[N+](C)(C)C)OC(=O)CCCCCCCCCCC/C=C/CCCCCCCC. The number of nitrogens with zero attached hydrogens (tertiary/aromatic N) is 1. The Hall–Kier alpha value is -1.51. The lowest BCUT2D eigenvalue weighted by molar-refractivity contribution is -0.870. The van der Waals surface area contributed by atoms with Crippen LogP contribution in [0.3, 0.4) is 0 Å². The number of hydrogen-bond donors (Lipinski definition) is 1. The highest BCUT2D eigenvalue weighted by molar-refractivity contribution is 7.47. The summed E-state index contributed by atoms with van der Waals surface area (Å²) < 4.78 is 34.4. The molecule has 0 bridgehead atoms. The van der Waals surface area contributed by atoms with E-state index in [-0.39, 0.29) is 32.0 Å². The summed E-state index contributed by atoms with van der Waals surface area (Å²) in [5, 5.41) is 0. The molecule has 1 N–H and O–H groups in total. The normalized spacial score (nSPS) is 13.5. The van der Waals surface area contributed by atoms with Gasteiger partial charge in [-0.2, -0.15) is 0 Å². The first kappa shape index (κ1) is 56.5. The van der Waals surface area contributed by atoms with Gasteiger partial charge in [0.15, 0.2) is 6.10 Å². The van der Waals surface area contributed by atoms with Gasteiger partial charge in [-0.3, -0.25) is 18.6 Å². The van der Waals surface area contributed by atoms with Crippen LogP contribution in [-0.4, -0.2) is 74.9 Å². The highest BCUT2D eigenvalue weighted by atomic mass is 31.2. The van der Waals surface area contributed by atoms with Crippen LogP contribution in [-0.2, 0) is 32.7 Å². The first-order valence-corrected chi connectivity index (χ1v) is 25.5. The Balaban J connectivity index is 4.26. The number of phosphoric ester groups is 1. The van der Waals surface area contributed by atoms with Gasteiger partial charge >= 0.3 is 19.8 Å². The Bertz CT molecular complexity index is 1030. The standard InChI is InChI=1S/C48H92NO8P/c1-6-8-10-12-14-16-18-20-22-23-24-25-27-29-31-33-35-37-39-41-48(51)57-46(45-56-58(52,53)55-43-42-49(3,4)5)44-54-47(50)40-38-36-34-32-30-28-26-21-19-17-15-13-11-9-7-2/h7,20,22,46H,2,6,8-19,21,23-45H2,1,3-5H3/p+1/b22-20+/t46-/m1/s1. The van der Waals surface area contributed by atoms with Crippen LogP contribution in [0.25, 0.3) is 0 Å². The zero-order valence-corrected chi connectivity index (χ0v) is 39.3. The topological polar surface area (TPSA) is 108 Å². The number of carbonyl (C=O) groups is 2. The van der Waals surface area contributed by atoms with Gasteiger partial charge < -0.3 is 18.9 Å². The smallest absolute Gasteiger partial charge is 0.462 e. The van der Waals surface area contributed by atoms with E-state index in [1.165, 1.54) is 148 Å². The third kappa shape index (κ3) is 44.1. The van der Waals surface area contributed by atoms with Gasteiger partial charge in [0.1, 0.15) is 19.8 Å². The van der Waals surface area contributed by atoms with Gasteiger partial charge in [0, 0.05) is 12.8 Å². The second kappa shape index (κ2) is 40.9. The van der Waals surface area contributed by atoms with Crippen molar-refractivity contribution in [3.8, 4) is 0 Å². The summed E-state index contributed by atoms with van der Waals surface area (Å²) in [4.78, 5) is 35.5. The molecule has 58 heavy (non-hydrogen) atoms. The molecule has 0 aromatic heterocycles. The number of unbranched alkanes of at least 4 members (excludes halogenated alkanes) is 28. The van der Waals surface area contributed by atoms with E-state index in [1.807, 2.05) is 27.2 Å². The van der Waals surface area contributed by atoms with Crippen LogP contribution in [0.1, 0.15) is 219 Å². The summed E-state index contributed by atoms with van der Waals surface area (Å²) >= 11 is 0. The highest BCUT2D eigenvalue weighted by Gasteiger charge is 2.27. The van der Waals surface area contributed by atoms with Crippen molar-refractivity contribution in [2.45, 2.75) is 225 Å². The molecule has 0 saturated carbocycles. The quantitative estimate of drug-likeness (QED) is 0.0212. The van der Waals surface area contributed by atoms with E-state index in [0.717, 1.165) is 44.9 Å². The largest absolute Gasteiger partial charge is 0.472 e. The lowest BCUT2D eigenvalue weighted by Crippen LogP contribution is -2.37. The summed E-state index contributed by atoms with van der Waals surface area (Å²) in [6, 6.07) is 0. The number of allylic oxidation sites excluding steroid dienone is 3. The maximum absolute atomic E-state index is 12.7. The van der Waals surface area contributed by atoms with E-state index in [2.05, 4.69) is 25.7 Å². The molecular weight excluding hydrogens is 750 g/mol. The lowest BCUT2D eigenvalue weighted by atomic mass is 10.0. The first-order valence-electron chi connectivity index (χ1n) is 24.0. The molecule has 0 rings (SSSR count). The molecule has 0 heterocycles. The lowest BCUT2D eigenvalue weighted by Gasteiger charge is -2.24. The number of hydrogen-bond acceptors (Lipinski definition) is 7. The van der Waals surface area contributed by atoms with Crippen molar-refractivity contribution in [1.82, 2.24) is 0 Å². The van der Waals surface area contributed by atoms with Crippen molar-refractivity contribution >= 4 is 19.8 Å². The number of esters is 2. The fraction of sp³-hybridized carbons (Fsp3) is 0.875. The minimum Gasteiger partial charge on any atom is -0.462 e. The average molecular weight is 843 g/mol. The van der Waals surface area contributed by atoms with Gasteiger partial charge in [0.05, 0.1) is 27.7 Å². The van der Waals surface area contributed by atoms with Crippen LogP contribution in [0.2, 0.25) is 0 Å². The van der Waals surface area contributed by atoms with E-state index in [9.17, 15) is 19.0 Å². The third-order valence-electron chi connectivity index (χ3n) is 10.6. The van der Waals surface area contributed by atoms with Crippen LogP contribution < -0.4 is 0 Å². The molecule has 0 spiro atoms. The van der Waals surface area contributed by atoms with E-state index in [0.29, 0.717) is 17.4 Å². The van der Waals surface area contributed by atoms with Crippen molar-refractivity contribution in [1.29, 1.82) is 0 Å². The predicted molar refractivity (Wildman–Crippen MR) is 243 cm³/mol. The Morgan fingerprint density at radius 3 is 1.40 bits per heavy atom. The van der Waals surface area contributed by atoms with Crippen molar-refractivity contribution in [2.24, 2.45) is 0 Å². The maximum Gasteiger partial charge on any atom is 0.472 e. The molecule has 2 atom stereocenters. The Morgan fingerprint density at radius 2 is 0.966 bits per heavy atom. The van der Waals surface area contributed by atoms with Crippen molar-refractivity contribution in [3.05, 3.63) is 24.8 Å². The monoisotopic (exact) mass is 843 g/mol. The van der Waals surface area contributed by atoms with Gasteiger partial charge in [-0.1, -0.05) is 173 Å². The van der Waals surface area contributed by atoms with Crippen molar-refractivity contribution in [3.63, 3.8) is 0 Å². The fourth-order valence-corrected chi connectivity index (χ4v) is 7.55.